The molecule has 0 amide bonds. The topological polar surface area (TPSA) is 64.3 Å². The van der Waals surface area contributed by atoms with Crippen molar-refractivity contribution in [2.75, 3.05) is 13.7 Å². The second-order valence-electron chi connectivity index (χ2n) is 12.4. The Labute approximate surface area is 193 Å². The summed E-state index contributed by atoms with van der Waals surface area (Å²) >= 11 is 0. The van der Waals surface area contributed by atoms with Crippen LogP contribution in [0.25, 0.3) is 0 Å². The number of carbonyl (C=O) groups excluding carboxylic acids is 1. The summed E-state index contributed by atoms with van der Waals surface area (Å²) in [5, 5.41) is 11.1. The van der Waals surface area contributed by atoms with Gasteiger partial charge in [0.15, 0.2) is 5.78 Å². The molecule has 4 aliphatic rings. The first-order valence-corrected chi connectivity index (χ1v) is 13.0. The third-order valence-electron chi connectivity index (χ3n) is 10.6. The third-order valence-corrected chi connectivity index (χ3v) is 10.6. The van der Waals surface area contributed by atoms with E-state index in [-0.39, 0.29) is 5.92 Å². The first-order chi connectivity index (χ1) is 15.3. The van der Waals surface area contributed by atoms with Crippen LogP contribution in [0.4, 0.5) is 0 Å². The lowest BCUT2D eigenvalue weighted by Crippen LogP contribution is -2.57. The van der Waals surface area contributed by atoms with E-state index in [0.717, 1.165) is 49.9 Å². The van der Waals surface area contributed by atoms with Gasteiger partial charge in [-0.15, -0.1) is 0 Å². The Hall–Kier alpha value is -1.20. The Morgan fingerprint density at radius 3 is 2.69 bits per heavy atom. The minimum absolute atomic E-state index is 0.209. The van der Waals surface area contributed by atoms with Gasteiger partial charge in [0.25, 0.3) is 0 Å². The second-order valence-corrected chi connectivity index (χ2v) is 12.4. The summed E-state index contributed by atoms with van der Waals surface area (Å²) in [7, 11) is 1.71. The van der Waals surface area contributed by atoms with Gasteiger partial charge in [-0.25, -0.2) is 4.98 Å². The third kappa shape index (κ3) is 3.77. The van der Waals surface area contributed by atoms with Gasteiger partial charge in [-0.3, -0.25) is 4.79 Å². The normalized spacial score (nSPS) is 46.1. The Morgan fingerprint density at radius 2 is 1.94 bits per heavy atom. The monoisotopic (exact) mass is 442 g/mol. The van der Waals surface area contributed by atoms with Gasteiger partial charge in [0.05, 0.1) is 25.1 Å². The largest absolute Gasteiger partial charge is 0.387 e. The van der Waals surface area contributed by atoms with Gasteiger partial charge in [0.1, 0.15) is 0 Å². The van der Waals surface area contributed by atoms with Gasteiger partial charge in [0.2, 0.25) is 0 Å². The van der Waals surface area contributed by atoms with Crippen molar-refractivity contribution in [3.63, 3.8) is 0 Å². The van der Waals surface area contributed by atoms with Crippen molar-refractivity contribution in [3.05, 3.63) is 18.7 Å². The lowest BCUT2D eigenvalue weighted by molar-refractivity contribution is -0.171. The highest BCUT2D eigenvalue weighted by atomic mass is 16.5. The van der Waals surface area contributed by atoms with Crippen molar-refractivity contribution in [2.24, 2.45) is 40.4 Å². The number of methoxy groups -OCH3 is 1. The van der Waals surface area contributed by atoms with Crippen LogP contribution >= 0.6 is 0 Å². The number of carbonyl (C=O) groups is 1. The number of hydrogen-bond acceptors (Lipinski definition) is 4. The van der Waals surface area contributed by atoms with Crippen molar-refractivity contribution in [2.45, 2.75) is 90.2 Å². The molecule has 0 bridgehead atoms. The molecule has 5 heteroatoms. The van der Waals surface area contributed by atoms with Crippen molar-refractivity contribution >= 4 is 5.78 Å². The first kappa shape index (κ1) is 22.6. The fraction of sp³-hybridized carbons (Fsp3) is 0.852. The van der Waals surface area contributed by atoms with Crippen molar-refractivity contribution in [1.29, 1.82) is 0 Å². The van der Waals surface area contributed by atoms with E-state index >= 15 is 0 Å². The number of nitrogens with zero attached hydrogens (tertiary/aromatic N) is 2. The number of ketones is 1. The lowest BCUT2D eigenvalue weighted by atomic mass is 9.42. The van der Waals surface area contributed by atoms with Crippen LogP contribution in [0.5, 0.6) is 0 Å². The zero-order valence-electron chi connectivity index (χ0n) is 20.3. The minimum Gasteiger partial charge on any atom is -0.387 e. The van der Waals surface area contributed by atoms with Crippen LogP contribution in [0.15, 0.2) is 18.7 Å². The smallest absolute Gasteiger partial charge is 0.155 e. The molecular weight excluding hydrogens is 400 g/mol. The van der Waals surface area contributed by atoms with E-state index in [1.165, 1.54) is 32.1 Å². The number of hydrogen-bond donors (Lipinski definition) is 1. The van der Waals surface area contributed by atoms with Crippen molar-refractivity contribution in [1.82, 2.24) is 9.55 Å². The molecule has 3 unspecified atom stereocenters. The number of Topliss-reactive ketones (excluding diaryl/α,β-unsaturated/α-hetero) is 1. The van der Waals surface area contributed by atoms with Gasteiger partial charge >= 0.3 is 0 Å². The average molecular weight is 443 g/mol. The molecule has 4 fully saturated rings. The molecule has 1 N–H and O–H groups in total. The molecule has 1 heterocycles. The molecule has 178 valence electrons. The highest BCUT2D eigenvalue weighted by Gasteiger charge is 2.59. The Morgan fingerprint density at radius 1 is 1.09 bits per heavy atom. The van der Waals surface area contributed by atoms with Crippen molar-refractivity contribution < 1.29 is 14.6 Å². The number of fused-ring (bicyclic) bond motifs is 5. The second kappa shape index (κ2) is 8.23. The summed E-state index contributed by atoms with van der Waals surface area (Å²) in [6.45, 7) is 5.99. The maximum Gasteiger partial charge on any atom is 0.155 e. The summed E-state index contributed by atoms with van der Waals surface area (Å²) in [6, 6.07) is 0. The molecule has 8 atom stereocenters. The van der Waals surface area contributed by atoms with E-state index in [1.54, 1.807) is 19.6 Å². The number of aromatic nitrogens is 2. The Kier molecular flexibility index (Phi) is 5.81. The SMILES string of the molecule is COC[C@@]1(O)CC[C@]2(C)C3CC[C@]4(C)C[C@@H](C(=O)Cn5ccnc5)CCC4C3CC[C@H]2C1. The average Bonchev–Trinajstić information content (AvgIpc) is 3.26. The van der Waals surface area contributed by atoms with E-state index < -0.39 is 5.60 Å². The molecule has 5 nitrogen and oxygen atoms in total. The van der Waals surface area contributed by atoms with Crippen LogP contribution in [0.2, 0.25) is 0 Å². The minimum atomic E-state index is -0.622. The van der Waals surface area contributed by atoms with Gasteiger partial charge in [-0.05, 0) is 98.7 Å². The lowest BCUT2D eigenvalue weighted by Gasteiger charge is -2.63. The van der Waals surface area contributed by atoms with Crippen LogP contribution in [0.3, 0.4) is 0 Å². The molecular formula is C27H42N2O3. The fourth-order valence-corrected chi connectivity index (χ4v) is 8.94. The zero-order valence-corrected chi connectivity index (χ0v) is 20.3. The predicted molar refractivity (Wildman–Crippen MR) is 124 cm³/mol. The number of rotatable bonds is 5. The quantitative estimate of drug-likeness (QED) is 0.706. The van der Waals surface area contributed by atoms with Gasteiger partial charge in [-0.2, -0.15) is 0 Å². The van der Waals surface area contributed by atoms with E-state index in [9.17, 15) is 9.90 Å². The highest BCUT2D eigenvalue weighted by Crippen LogP contribution is 2.66. The summed E-state index contributed by atoms with van der Waals surface area (Å²) in [6.07, 6.45) is 16.8. The summed E-state index contributed by atoms with van der Waals surface area (Å²) in [5.74, 6) is 3.56. The van der Waals surface area contributed by atoms with Crippen LogP contribution in [-0.4, -0.2) is 39.8 Å². The first-order valence-electron chi connectivity index (χ1n) is 13.0. The Balaban J connectivity index is 1.28. The number of imidazole rings is 1. The van der Waals surface area contributed by atoms with Gasteiger partial charge < -0.3 is 14.4 Å². The van der Waals surface area contributed by atoms with Crippen LogP contribution in [0.1, 0.15) is 78.1 Å². The molecule has 5 rings (SSSR count). The molecule has 1 aromatic rings. The van der Waals surface area contributed by atoms with Crippen molar-refractivity contribution in [3.8, 4) is 0 Å². The van der Waals surface area contributed by atoms with Crippen LogP contribution in [-0.2, 0) is 16.1 Å². The van der Waals surface area contributed by atoms with E-state index in [1.807, 2.05) is 10.8 Å². The van der Waals surface area contributed by atoms with E-state index in [0.29, 0.717) is 35.7 Å². The molecule has 0 radical (unpaired) electrons. The van der Waals surface area contributed by atoms with Crippen LogP contribution in [0, 0.1) is 40.4 Å². The summed E-state index contributed by atoms with van der Waals surface area (Å²) in [5.41, 5.74) is 0.0459. The molecule has 0 saturated heterocycles. The molecule has 0 aliphatic heterocycles. The van der Waals surface area contributed by atoms with Gasteiger partial charge in [-0.1, -0.05) is 13.8 Å². The molecule has 0 spiro atoms. The maximum absolute atomic E-state index is 13.0. The molecule has 1 aromatic heterocycles. The predicted octanol–water partition coefficient (Wildman–Crippen LogP) is 4.88. The number of aliphatic hydroxyl groups is 1. The zero-order chi connectivity index (χ0) is 22.6. The van der Waals surface area contributed by atoms with Crippen LogP contribution < -0.4 is 0 Å². The fourth-order valence-electron chi connectivity index (χ4n) is 8.94. The maximum atomic E-state index is 13.0. The molecule has 0 aromatic carbocycles. The summed E-state index contributed by atoms with van der Waals surface area (Å²) in [4.78, 5) is 17.1. The Bertz CT molecular complexity index is 825. The highest BCUT2D eigenvalue weighted by molar-refractivity contribution is 5.81. The number of ether oxygens (including phenoxy) is 1. The summed E-state index contributed by atoms with van der Waals surface area (Å²) < 4.78 is 7.29. The van der Waals surface area contributed by atoms with E-state index in [2.05, 4.69) is 18.8 Å². The molecule has 4 saturated carbocycles. The standard InChI is InChI=1S/C27H42N2O3/c1-25-9-8-23-21(6-5-20-15-27(31,17-32-3)11-10-26(20,23)2)22(25)7-4-19(14-25)24(30)16-29-13-12-28-18-29/h12-13,18-23,31H,4-11,14-17H2,1-3H3/t19-,20-,21?,22?,23?,25+,26-,27+/m0/s1. The molecule has 32 heavy (non-hydrogen) atoms. The van der Waals surface area contributed by atoms with Gasteiger partial charge in [0, 0.05) is 25.4 Å². The van der Waals surface area contributed by atoms with E-state index in [4.69, 9.17) is 4.74 Å². The molecule has 4 aliphatic carbocycles.